The number of thiophene rings is 1. The molecule has 1 fully saturated rings. The van der Waals surface area contributed by atoms with Crippen molar-refractivity contribution in [1.29, 1.82) is 5.26 Å². The molecule has 118 valence electrons. The minimum absolute atomic E-state index is 0.0548. The molecule has 3 rings (SSSR count). The van der Waals surface area contributed by atoms with Gasteiger partial charge in [-0.15, -0.1) is 11.3 Å². The lowest BCUT2D eigenvalue weighted by Gasteiger charge is -2.27. The van der Waals surface area contributed by atoms with Gasteiger partial charge in [0.05, 0.1) is 18.7 Å². The predicted octanol–water partition coefficient (Wildman–Crippen LogP) is 1.75. The van der Waals surface area contributed by atoms with Gasteiger partial charge in [-0.2, -0.15) is 5.26 Å². The smallest absolute Gasteiger partial charge is 0.280 e. The van der Waals surface area contributed by atoms with Gasteiger partial charge in [0.15, 0.2) is 6.54 Å². The van der Waals surface area contributed by atoms with Crippen LogP contribution >= 0.6 is 11.3 Å². The van der Waals surface area contributed by atoms with Crippen molar-refractivity contribution in [1.82, 2.24) is 0 Å². The Bertz CT molecular complexity index is 602. The SMILES string of the molecule is C[C@@H]1CCC[NH+](CC(=O)Nc2sc3c(c2C#N)CCCC3)C1. The molecule has 2 heterocycles. The summed E-state index contributed by atoms with van der Waals surface area (Å²) in [7, 11) is 0. The summed E-state index contributed by atoms with van der Waals surface area (Å²) in [5, 5.41) is 13.2. The van der Waals surface area contributed by atoms with E-state index in [9.17, 15) is 10.1 Å². The Labute approximate surface area is 136 Å². The van der Waals surface area contributed by atoms with Gasteiger partial charge in [-0.3, -0.25) is 4.79 Å². The first kappa shape index (κ1) is 15.5. The van der Waals surface area contributed by atoms with Crippen LogP contribution in [0, 0.1) is 17.2 Å². The molecule has 1 unspecified atom stereocenters. The van der Waals surface area contributed by atoms with E-state index in [2.05, 4.69) is 18.3 Å². The molecule has 0 saturated carbocycles. The van der Waals surface area contributed by atoms with Gasteiger partial charge in [-0.05, 0) is 44.1 Å². The van der Waals surface area contributed by atoms with Gasteiger partial charge < -0.3 is 10.2 Å². The second-order valence-corrected chi connectivity index (χ2v) is 7.81. The zero-order valence-corrected chi connectivity index (χ0v) is 14.0. The second-order valence-electron chi connectivity index (χ2n) is 6.70. The van der Waals surface area contributed by atoms with Crippen LogP contribution < -0.4 is 10.2 Å². The van der Waals surface area contributed by atoms with Crippen molar-refractivity contribution in [3.05, 3.63) is 16.0 Å². The molecule has 1 amide bonds. The number of piperidine rings is 1. The molecule has 0 spiro atoms. The number of carbonyl (C=O) groups is 1. The maximum Gasteiger partial charge on any atom is 0.280 e. The van der Waals surface area contributed by atoms with E-state index >= 15 is 0 Å². The number of hydrogen-bond donors (Lipinski definition) is 2. The number of anilines is 1. The van der Waals surface area contributed by atoms with Crippen LogP contribution in [0.5, 0.6) is 0 Å². The molecule has 22 heavy (non-hydrogen) atoms. The molecule has 1 aromatic rings. The third-order valence-electron chi connectivity index (χ3n) is 4.81. The number of rotatable bonds is 3. The molecular weight excluding hydrogens is 294 g/mol. The first-order valence-corrected chi connectivity index (χ1v) is 9.17. The summed E-state index contributed by atoms with van der Waals surface area (Å²) in [4.78, 5) is 15.0. The first-order chi connectivity index (χ1) is 10.7. The molecule has 0 radical (unpaired) electrons. The molecule has 2 atom stereocenters. The molecule has 1 aliphatic heterocycles. The highest BCUT2D eigenvalue weighted by atomic mass is 32.1. The Kier molecular flexibility index (Phi) is 4.80. The third kappa shape index (κ3) is 3.34. The first-order valence-electron chi connectivity index (χ1n) is 8.35. The number of amides is 1. The van der Waals surface area contributed by atoms with Crippen LogP contribution in [0.3, 0.4) is 0 Å². The normalized spacial score (nSPS) is 24.4. The molecule has 1 aromatic heterocycles. The van der Waals surface area contributed by atoms with E-state index in [0.717, 1.165) is 42.9 Å². The summed E-state index contributed by atoms with van der Waals surface area (Å²) in [6, 6.07) is 2.31. The quantitative estimate of drug-likeness (QED) is 0.892. The van der Waals surface area contributed by atoms with E-state index in [1.54, 1.807) is 11.3 Å². The van der Waals surface area contributed by atoms with Crippen LogP contribution in [0.1, 0.15) is 48.6 Å². The Morgan fingerprint density at radius 2 is 2.23 bits per heavy atom. The van der Waals surface area contributed by atoms with Crippen LogP contribution in [-0.4, -0.2) is 25.5 Å². The highest BCUT2D eigenvalue weighted by Gasteiger charge is 2.25. The third-order valence-corrected chi connectivity index (χ3v) is 6.02. The maximum atomic E-state index is 12.3. The fourth-order valence-corrected chi connectivity index (χ4v) is 4.98. The zero-order chi connectivity index (χ0) is 15.5. The molecule has 0 bridgehead atoms. The van der Waals surface area contributed by atoms with Crippen LogP contribution in [0.2, 0.25) is 0 Å². The van der Waals surface area contributed by atoms with E-state index in [1.165, 1.54) is 34.6 Å². The van der Waals surface area contributed by atoms with Gasteiger partial charge >= 0.3 is 0 Å². The molecule has 2 aliphatic rings. The van der Waals surface area contributed by atoms with Crippen LogP contribution in [0.4, 0.5) is 5.00 Å². The van der Waals surface area contributed by atoms with Gasteiger partial charge in [-0.1, -0.05) is 6.92 Å². The molecule has 4 nitrogen and oxygen atoms in total. The number of carbonyl (C=O) groups excluding carboxylic acids is 1. The van der Waals surface area contributed by atoms with E-state index in [1.807, 2.05) is 0 Å². The van der Waals surface area contributed by atoms with Crippen molar-refractivity contribution in [2.45, 2.75) is 45.4 Å². The summed E-state index contributed by atoms with van der Waals surface area (Å²) < 4.78 is 0. The Hall–Kier alpha value is -1.38. The van der Waals surface area contributed by atoms with Crippen LogP contribution in [-0.2, 0) is 17.6 Å². The average molecular weight is 318 g/mol. The van der Waals surface area contributed by atoms with Gasteiger partial charge in [0.1, 0.15) is 11.1 Å². The highest BCUT2D eigenvalue weighted by Crippen LogP contribution is 2.37. The van der Waals surface area contributed by atoms with Crippen LogP contribution in [0.15, 0.2) is 0 Å². The van der Waals surface area contributed by atoms with E-state index in [-0.39, 0.29) is 5.91 Å². The van der Waals surface area contributed by atoms with Crippen molar-refractivity contribution in [2.75, 3.05) is 25.0 Å². The molecule has 0 aromatic carbocycles. The van der Waals surface area contributed by atoms with Gasteiger partial charge in [0.2, 0.25) is 0 Å². The lowest BCUT2D eigenvalue weighted by Crippen LogP contribution is -3.14. The minimum atomic E-state index is 0.0548. The average Bonchev–Trinajstić information content (AvgIpc) is 2.83. The van der Waals surface area contributed by atoms with Gasteiger partial charge in [0, 0.05) is 10.8 Å². The van der Waals surface area contributed by atoms with Crippen molar-refractivity contribution in [3.8, 4) is 6.07 Å². The highest BCUT2D eigenvalue weighted by molar-refractivity contribution is 7.16. The van der Waals surface area contributed by atoms with Crippen molar-refractivity contribution in [3.63, 3.8) is 0 Å². The Morgan fingerprint density at radius 1 is 1.41 bits per heavy atom. The monoisotopic (exact) mass is 318 g/mol. The molecule has 5 heteroatoms. The summed E-state index contributed by atoms with van der Waals surface area (Å²) in [5.41, 5.74) is 1.91. The number of quaternary nitrogens is 1. The number of likely N-dealkylation sites (tertiary alicyclic amines) is 1. The summed E-state index contributed by atoms with van der Waals surface area (Å²) in [6.07, 6.45) is 6.88. The topological polar surface area (TPSA) is 57.3 Å². The van der Waals surface area contributed by atoms with E-state index in [0.29, 0.717) is 12.5 Å². The fourth-order valence-electron chi connectivity index (χ4n) is 3.73. The van der Waals surface area contributed by atoms with Gasteiger partial charge in [-0.25, -0.2) is 0 Å². The standard InChI is InChI=1S/C17H23N3OS/c1-12-5-4-8-20(10-12)11-16(21)19-17-14(9-18)13-6-2-3-7-15(13)22-17/h12H,2-8,10-11H2,1H3,(H,19,21)/p+1/t12-/m1/s1. The molecular formula is C17H24N3OS+. The second kappa shape index (κ2) is 6.80. The minimum Gasteiger partial charge on any atom is -0.327 e. The lowest BCUT2D eigenvalue weighted by molar-refractivity contribution is -0.900. The Balaban J connectivity index is 1.66. The van der Waals surface area contributed by atoms with Crippen LogP contribution in [0.25, 0.3) is 0 Å². The summed E-state index contributed by atoms with van der Waals surface area (Å²) >= 11 is 1.61. The fraction of sp³-hybridized carbons (Fsp3) is 0.647. The molecule has 1 aliphatic carbocycles. The van der Waals surface area contributed by atoms with Crippen molar-refractivity contribution < 1.29 is 9.69 Å². The summed E-state index contributed by atoms with van der Waals surface area (Å²) in [5.74, 6) is 0.763. The number of nitriles is 1. The zero-order valence-electron chi connectivity index (χ0n) is 13.2. The van der Waals surface area contributed by atoms with E-state index < -0.39 is 0 Å². The number of nitrogens with one attached hydrogen (secondary N) is 2. The lowest BCUT2D eigenvalue weighted by atomic mass is 9.96. The van der Waals surface area contributed by atoms with E-state index in [4.69, 9.17) is 0 Å². The Morgan fingerprint density at radius 3 is 3.00 bits per heavy atom. The number of hydrogen-bond acceptors (Lipinski definition) is 3. The number of fused-ring (bicyclic) bond motifs is 1. The largest absolute Gasteiger partial charge is 0.327 e. The summed E-state index contributed by atoms with van der Waals surface area (Å²) in [6.45, 7) is 4.96. The maximum absolute atomic E-state index is 12.3. The molecule has 1 saturated heterocycles. The number of nitrogens with zero attached hydrogens (tertiary/aromatic N) is 1. The van der Waals surface area contributed by atoms with Crippen molar-refractivity contribution in [2.24, 2.45) is 5.92 Å². The van der Waals surface area contributed by atoms with Crippen molar-refractivity contribution >= 4 is 22.2 Å². The number of aryl methyl sites for hydroxylation is 1. The predicted molar refractivity (Wildman–Crippen MR) is 88.3 cm³/mol. The van der Waals surface area contributed by atoms with Gasteiger partial charge in [0.25, 0.3) is 5.91 Å². The molecule has 2 N–H and O–H groups in total.